The van der Waals surface area contributed by atoms with Crippen LogP contribution in [0.2, 0.25) is 0 Å². The number of halogens is 1. The molecule has 0 aromatic heterocycles. The van der Waals surface area contributed by atoms with Crippen LogP contribution < -0.4 is 10.0 Å². The van der Waals surface area contributed by atoms with Gasteiger partial charge in [-0.05, 0) is 17.7 Å². The number of hydrogen-bond donors (Lipinski definition) is 2. The lowest BCUT2D eigenvalue weighted by atomic mass is 10.0. The van der Waals surface area contributed by atoms with Gasteiger partial charge < -0.3 is 10.1 Å². The first-order chi connectivity index (χ1) is 9.81. The molecular formula is C13H19FN2O4S. The molecule has 2 N–H and O–H groups in total. The minimum atomic E-state index is -3.50. The minimum absolute atomic E-state index is 0.0809. The number of sulfonamides is 1. The maximum Gasteiger partial charge on any atom is 0.222 e. The monoisotopic (exact) mass is 318 g/mol. The third kappa shape index (κ3) is 7.16. The Morgan fingerprint density at radius 2 is 1.95 bits per heavy atom. The molecule has 0 aliphatic carbocycles. The van der Waals surface area contributed by atoms with Crippen molar-refractivity contribution in [2.45, 2.75) is 12.5 Å². The molecular weight excluding hydrogens is 299 g/mol. The van der Waals surface area contributed by atoms with Crippen molar-refractivity contribution < 1.29 is 22.3 Å². The zero-order valence-electron chi connectivity index (χ0n) is 11.9. The van der Waals surface area contributed by atoms with Crippen LogP contribution in [0.15, 0.2) is 24.3 Å². The Morgan fingerprint density at radius 1 is 1.33 bits per heavy atom. The fourth-order valence-corrected chi connectivity index (χ4v) is 2.47. The molecule has 1 atom stereocenters. The van der Waals surface area contributed by atoms with E-state index < -0.39 is 21.9 Å². The number of hydrogen-bond acceptors (Lipinski definition) is 4. The number of amides is 1. The summed E-state index contributed by atoms with van der Waals surface area (Å²) in [6.07, 6.45) is 0.925. The van der Waals surface area contributed by atoms with Crippen molar-refractivity contribution in [1.29, 1.82) is 0 Å². The van der Waals surface area contributed by atoms with Gasteiger partial charge in [-0.2, -0.15) is 0 Å². The Hall–Kier alpha value is -1.51. The predicted molar refractivity (Wildman–Crippen MR) is 76.6 cm³/mol. The first-order valence-electron chi connectivity index (χ1n) is 6.30. The highest BCUT2D eigenvalue weighted by molar-refractivity contribution is 7.88. The van der Waals surface area contributed by atoms with Gasteiger partial charge >= 0.3 is 0 Å². The first-order valence-corrected chi connectivity index (χ1v) is 8.19. The Bertz CT molecular complexity index is 560. The Morgan fingerprint density at radius 3 is 2.48 bits per heavy atom. The molecule has 0 spiro atoms. The number of benzene rings is 1. The van der Waals surface area contributed by atoms with Gasteiger partial charge in [0, 0.05) is 20.1 Å². The van der Waals surface area contributed by atoms with E-state index in [1.807, 2.05) is 0 Å². The normalized spacial score (nSPS) is 12.9. The van der Waals surface area contributed by atoms with Crippen LogP contribution >= 0.6 is 0 Å². The molecule has 6 nitrogen and oxygen atoms in total. The van der Waals surface area contributed by atoms with E-state index in [-0.39, 0.29) is 12.3 Å². The standard InChI is InChI=1S/C13H19FN2O4S/c1-20-8-7-15-13(17)9-12(16-21(2,18)19)10-3-5-11(14)6-4-10/h3-6,12,16H,7-9H2,1-2H3,(H,15,17). The molecule has 21 heavy (non-hydrogen) atoms. The molecule has 1 aromatic rings. The number of nitrogens with one attached hydrogen (secondary N) is 2. The summed E-state index contributed by atoms with van der Waals surface area (Å²) in [4.78, 5) is 11.8. The van der Waals surface area contributed by atoms with Gasteiger partial charge in [0.15, 0.2) is 0 Å². The van der Waals surface area contributed by atoms with Crippen molar-refractivity contribution in [2.75, 3.05) is 26.5 Å². The maximum atomic E-state index is 12.9. The van der Waals surface area contributed by atoms with Gasteiger partial charge in [0.05, 0.1) is 18.9 Å². The molecule has 0 bridgehead atoms. The van der Waals surface area contributed by atoms with Crippen LogP contribution in [0.25, 0.3) is 0 Å². The number of methoxy groups -OCH3 is 1. The summed E-state index contributed by atoms with van der Waals surface area (Å²) >= 11 is 0. The molecule has 0 heterocycles. The van der Waals surface area contributed by atoms with E-state index in [9.17, 15) is 17.6 Å². The van der Waals surface area contributed by atoms with Crippen molar-refractivity contribution in [3.05, 3.63) is 35.6 Å². The van der Waals surface area contributed by atoms with Crippen molar-refractivity contribution in [2.24, 2.45) is 0 Å². The molecule has 0 aliphatic rings. The van der Waals surface area contributed by atoms with Crippen LogP contribution in [-0.4, -0.2) is 40.8 Å². The third-order valence-corrected chi connectivity index (χ3v) is 3.36. The number of rotatable bonds is 8. The highest BCUT2D eigenvalue weighted by Gasteiger charge is 2.19. The molecule has 0 fully saturated rings. The molecule has 1 aromatic carbocycles. The topological polar surface area (TPSA) is 84.5 Å². The third-order valence-electron chi connectivity index (χ3n) is 2.65. The van der Waals surface area contributed by atoms with E-state index in [0.29, 0.717) is 18.7 Å². The number of ether oxygens (including phenoxy) is 1. The van der Waals surface area contributed by atoms with E-state index in [1.54, 1.807) is 0 Å². The second-order valence-corrected chi connectivity index (χ2v) is 6.32. The van der Waals surface area contributed by atoms with Gasteiger partial charge in [-0.3, -0.25) is 4.79 Å². The van der Waals surface area contributed by atoms with Gasteiger partial charge in [0.2, 0.25) is 15.9 Å². The quantitative estimate of drug-likeness (QED) is 0.686. The lowest BCUT2D eigenvalue weighted by Crippen LogP contribution is -2.34. The van der Waals surface area contributed by atoms with Gasteiger partial charge in [-0.25, -0.2) is 17.5 Å². The van der Waals surface area contributed by atoms with E-state index in [4.69, 9.17) is 4.74 Å². The molecule has 8 heteroatoms. The molecule has 0 radical (unpaired) electrons. The van der Waals surface area contributed by atoms with Crippen LogP contribution in [0, 0.1) is 5.82 Å². The Labute approximate surface area is 123 Å². The summed E-state index contributed by atoms with van der Waals surface area (Å²) in [5.74, 6) is -0.751. The second-order valence-electron chi connectivity index (χ2n) is 4.54. The fraction of sp³-hybridized carbons (Fsp3) is 0.462. The van der Waals surface area contributed by atoms with Crippen LogP contribution in [0.5, 0.6) is 0 Å². The molecule has 118 valence electrons. The highest BCUT2D eigenvalue weighted by Crippen LogP contribution is 2.18. The zero-order chi connectivity index (χ0) is 15.9. The van der Waals surface area contributed by atoms with Crippen LogP contribution in [-0.2, 0) is 19.6 Å². The second kappa shape index (κ2) is 8.06. The maximum absolute atomic E-state index is 12.9. The summed E-state index contributed by atoms with van der Waals surface area (Å²) in [5.41, 5.74) is 0.517. The van der Waals surface area contributed by atoms with E-state index in [0.717, 1.165) is 6.26 Å². The van der Waals surface area contributed by atoms with Gasteiger partial charge in [0.1, 0.15) is 5.82 Å². The average Bonchev–Trinajstić information content (AvgIpc) is 2.37. The molecule has 1 amide bonds. The van der Waals surface area contributed by atoms with Gasteiger partial charge in [-0.15, -0.1) is 0 Å². The van der Waals surface area contributed by atoms with E-state index in [2.05, 4.69) is 10.0 Å². The summed E-state index contributed by atoms with van der Waals surface area (Å²) in [7, 11) is -1.99. The molecule has 0 saturated carbocycles. The lowest BCUT2D eigenvalue weighted by Gasteiger charge is -2.17. The lowest BCUT2D eigenvalue weighted by molar-refractivity contribution is -0.121. The molecule has 0 saturated heterocycles. The smallest absolute Gasteiger partial charge is 0.222 e. The average molecular weight is 318 g/mol. The van der Waals surface area contributed by atoms with Crippen molar-refractivity contribution in [3.63, 3.8) is 0 Å². The summed E-state index contributed by atoms with van der Waals surface area (Å²) in [6, 6.07) is 4.58. The zero-order valence-corrected chi connectivity index (χ0v) is 12.7. The summed E-state index contributed by atoms with van der Waals surface area (Å²) in [5, 5.41) is 2.61. The van der Waals surface area contributed by atoms with Gasteiger partial charge in [-0.1, -0.05) is 12.1 Å². The van der Waals surface area contributed by atoms with Crippen LogP contribution in [0.4, 0.5) is 4.39 Å². The SMILES string of the molecule is COCCNC(=O)CC(NS(C)(=O)=O)c1ccc(F)cc1. The van der Waals surface area contributed by atoms with Crippen LogP contribution in [0.3, 0.4) is 0 Å². The summed E-state index contributed by atoms with van der Waals surface area (Å²) in [6.45, 7) is 0.705. The minimum Gasteiger partial charge on any atom is -0.383 e. The van der Waals surface area contributed by atoms with Crippen LogP contribution in [0.1, 0.15) is 18.0 Å². The first kappa shape index (κ1) is 17.5. The number of carbonyl (C=O) groups is 1. The van der Waals surface area contributed by atoms with Crippen molar-refractivity contribution in [3.8, 4) is 0 Å². The van der Waals surface area contributed by atoms with Crippen molar-refractivity contribution >= 4 is 15.9 Å². The van der Waals surface area contributed by atoms with E-state index in [1.165, 1.54) is 31.4 Å². The van der Waals surface area contributed by atoms with E-state index >= 15 is 0 Å². The predicted octanol–water partition coefficient (Wildman–Crippen LogP) is 0.569. The Balaban J connectivity index is 2.78. The number of carbonyl (C=O) groups excluding carboxylic acids is 1. The molecule has 0 aliphatic heterocycles. The molecule has 1 rings (SSSR count). The van der Waals surface area contributed by atoms with Crippen molar-refractivity contribution in [1.82, 2.24) is 10.0 Å². The highest BCUT2D eigenvalue weighted by atomic mass is 32.2. The summed E-state index contributed by atoms with van der Waals surface area (Å²) < 4.78 is 42.9. The fourth-order valence-electron chi connectivity index (χ4n) is 1.73. The van der Waals surface area contributed by atoms with Gasteiger partial charge in [0.25, 0.3) is 0 Å². The molecule has 1 unspecified atom stereocenters. The largest absolute Gasteiger partial charge is 0.383 e. The Kier molecular flexibility index (Phi) is 6.73.